The highest BCUT2D eigenvalue weighted by Gasteiger charge is 2.21. The van der Waals surface area contributed by atoms with Gasteiger partial charge < -0.3 is 5.11 Å². The number of aliphatic hydroxyl groups is 1. The maximum absolute atomic E-state index is 13.7. The van der Waals surface area contributed by atoms with Crippen LogP contribution in [0.15, 0.2) is 22.7 Å². The van der Waals surface area contributed by atoms with Crippen LogP contribution < -0.4 is 0 Å². The maximum atomic E-state index is 13.7. The van der Waals surface area contributed by atoms with Crippen molar-refractivity contribution in [2.45, 2.75) is 20.0 Å². The van der Waals surface area contributed by atoms with Crippen molar-refractivity contribution in [3.05, 3.63) is 55.2 Å². The predicted octanol–water partition coefficient (Wildman–Crippen LogP) is 4.49. The highest BCUT2D eigenvalue weighted by Crippen LogP contribution is 2.36. The van der Waals surface area contributed by atoms with Crippen LogP contribution in [0.1, 0.15) is 27.0 Å². The van der Waals surface area contributed by atoms with Gasteiger partial charge in [0.15, 0.2) is 0 Å². The van der Waals surface area contributed by atoms with Crippen LogP contribution in [0, 0.1) is 25.5 Å². The summed E-state index contributed by atoms with van der Waals surface area (Å²) in [7, 11) is 0. The highest BCUT2D eigenvalue weighted by molar-refractivity contribution is 9.10. The van der Waals surface area contributed by atoms with Gasteiger partial charge in [-0.3, -0.25) is 0 Å². The van der Waals surface area contributed by atoms with Crippen molar-refractivity contribution in [2.75, 3.05) is 0 Å². The van der Waals surface area contributed by atoms with E-state index >= 15 is 0 Å². The first-order chi connectivity index (χ1) is 8.40. The molecule has 1 N–H and O–H groups in total. The van der Waals surface area contributed by atoms with Gasteiger partial charge in [0.25, 0.3) is 0 Å². The van der Waals surface area contributed by atoms with E-state index in [0.717, 1.165) is 15.4 Å². The predicted molar refractivity (Wildman–Crippen MR) is 71.9 cm³/mol. The van der Waals surface area contributed by atoms with Gasteiger partial charge >= 0.3 is 0 Å². The van der Waals surface area contributed by atoms with E-state index < -0.39 is 17.7 Å². The van der Waals surface area contributed by atoms with Gasteiger partial charge in [-0.05, 0) is 47.5 Å². The SMILES string of the molecule is Cc1cc(Br)c(C(O)c2cc(C)c(F)cc2F)s1. The zero-order chi connectivity index (χ0) is 13.4. The average molecular weight is 333 g/mol. The third-order valence-corrected chi connectivity index (χ3v) is 4.68. The van der Waals surface area contributed by atoms with Crippen molar-refractivity contribution in [3.8, 4) is 0 Å². The van der Waals surface area contributed by atoms with Crippen molar-refractivity contribution in [3.63, 3.8) is 0 Å². The molecule has 0 fully saturated rings. The molecule has 96 valence electrons. The lowest BCUT2D eigenvalue weighted by Crippen LogP contribution is -2.03. The van der Waals surface area contributed by atoms with E-state index in [1.807, 2.05) is 13.0 Å². The third kappa shape index (κ3) is 2.48. The number of halogens is 3. The van der Waals surface area contributed by atoms with Crippen molar-refractivity contribution in [1.29, 1.82) is 0 Å². The van der Waals surface area contributed by atoms with E-state index in [1.165, 1.54) is 17.4 Å². The van der Waals surface area contributed by atoms with Crippen LogP contribution in [0.2, 0.25) is 0 Å². The molecule has 0 saturated heterocycles. The molecule has 1 atom stereocenters. The Balaban J connectivity index is 2.49. The Morgan fingerprint density at radius 2 is 1.83 bits per heavy atom. The summed E-state index contributed by atoms with van der Waals surface area (Å²) in [4.78, 5) is 1.63. The fraction of sp³-hybridized carbons (Fsp3) is 0.231. The van der Waals surface area contributed by atoms with Crippen LogP contribution in [0.25, 0.3) is 0 Å². The first-order valence-electron chi connectivity index (χ1n) is 5.29. The number of aryl methyl sites for hydroxylation is 2. The van der Waals surface area contributed by atoms with Gasteiger partial charge in [0.05, 0.1) is 4.88 Å². The van der Waals surface area contributed by atoms with Crippen LogP contribution in [-0.4, -0.2) is 5.11 Å². The summed E-state index contributed by atoms with van der Waals surface area (Å²) in [6, 6.07) is 4.01. The Hall–Kier alpha value is -0.780. The Morgan fingerprint density at radius 3 is 2.39 bits per heavy atom. The normalized spacial score (nSPS) is 12.8. The average Bonchev–Trinajstić information content (AvgIpc) is 2.62. The zero-order valence-corrected chi connectivity index (χ0v) is 12.2. The van der Waals surface area contributed by atoms with Gasteiger partial charge in [0, 0.05) is 21.0 Å². The molecule has 0 aliphatic carbocycles. The minimum absolute atomic E-state index is 0.0939. The largest absolute Gasteiger partial charge is 0.383 e. The summed E-state index contributed by atoms with van der Waals surface area (Å²) in [5, 5.41) is 10.2. The van der Waals surface area contributed by atoms with Gasteiger partial charge in [-0.15, -0.1) is 11.3 Å². The van der Waals surface area contributed by atoms with Gasteiger partial charge in [-0.25, -0.2) is 8.78 Å². The molecule has 18 heavy (non-hydrogen) atoms. The van der Waals surface area contributed by atoms with E-state index in [-0.39, 0.29) is 5.56 Å². The Labute approximate surface area is 116 Å². The second-order valence-corrected chi connectivity index (χ2v) is 6.24. The fourth-order valence-electron chi connectivity index (χ4n) is 1.72. The molecule has 5 heteroatoms. The second-order valence-electron chi connectivity index (χ2n) is 4.09. The van der Waals surface area contributed by atoms with Gasteiger partial charge in [0.2, 0.25) is 0 Å². The molecular formula is C13H11BrF2OS. The van der Waals surface area contributed by atoms with Crippen LogP contribution >= 0.6 is 27.3 Å². The van der Waals surface area contributed by atoms with Gasteiger partial charge in [-0.1, -0.05) is 0 Å². The fourth-order valence-corrected chi connectivity index (χ4v) is 3.59. The smallest absolute Gasteiger partial charge is 0.132 e. The van der Waals surface area contributed by atoms with Crippen LogP contribution in [-0.2, 0) is 0 Å². The minimum atomic E-state index is -1.09. The van der Waals surface area contributed by atoms with Crippen LogP contribution in [0.5, 0.6) is 0 Å². The molecule has 0 aliphatic heterocycles. The summed E-state index contributed by atoms with van der Waals surface area (Å²) >= 11 is 4.71. The monoisotopic (exact) mass is 332 g/mol. The summed E-state index contributed by atoms with van der Waals surface area (Å²) in [5.41, 5.74) is 0.409. The number of hydrogen-bond donors (Lipinski definition) is 1. The first-order valence-corrected chi connectivity index (χ1v) is 6.90. The zero-order valence-electron chi connectivity index (χ0n) is 9.80. The molecule has 1 heterocycles. The van der Waals surface area contributed by atoms with E-state index in [1.54, 1.807) is 6.92 Å². The highest BCUT2D eigenvalue weighted by atomic mass is 79.9. The molecule has 0 aliphatic rings. The molecular weight excluding hydrogens is 322 g/mol. The van der Waals surface area contributed by atoms with Crippen LogP contribution in [0.3, 0.4) is 0 Å². The first kappa shape index (κ1) is 13.6. The second kappa shape index (κ2) is 5.07. The van der Waals surface area contributed by atoms with Crippen LogP contribution in [0.4, 0.5) is 8.78 Å². The molecule has 2 aromatic rings. The molecule has 0 saturated carbocycles. The molecule has 1 nitrogen and oxygen atoms in total. The molecule has 0 bridgehead atoms. The lowest BCUT2D eigenvalue weighted by Gasteiger charge is -2.12. The summed E-state index contributed by atoms with van der Waals surface area (Å²) in [6.45, 7) is 3.44. The van der Waals surface area contributed by atoms with E-state index in [4.69, 9.17) is 0 Å². The molecule has 0 spiro atoms. The number of thiophene rings is 1. The number of hydrogen-bond acceptors (Lipinski definition) is 2. The quantitative estimate of drug-likeness (QED) is 0.859. The van der Waals surface area contributed by atoms with E-state index in [0.29, 0.717) is 10.4 Å². The standard InChI is InChI=1S/C13H11BrF2OS/c1-6-3-8(11(16)5-10(6)15)12(17)13-9(14)4-7(2)18-13/h3-5,12,17H,1-2H3. The Bertz CT molecular complexity index is 595. The molecule has 1 aromatic heterocycles. The lowest BCUT2D eigenvalue weighted by atomic mass is 10.0. The molecule has 2 rings (SSSR count). The molecule has 0 amide bonds. The number of rotatable bonds is 2. The van der Waals surface area contributed by atoms with Gasteiger partial charge in [-0.2, -0.15) is 0 Å². The van der Waals surface area contributed by atoms with Crippen molar-refractivity contribution in [1.82, 2.24) is 0 Å². The number of benzene rings is 1. The Kier molecular flexibility index (Phi) is 3.84. The van der Waals surface area contributed by atoms with E-state index in [2.05, 4.69) is 15.9 Å². The van der Waals surface area contributed by atoms with Crippen molar-refractivity contribution < 1.29 is 13.9 Å². The third-order valence-electron chi connectivity index (χ3n) is 2.66. The maximum Gasteiger partial charge on any atom is 0.132 e. The molecule has 0 radical (unpaired) electrons. The van der Waals surface area contributed by atoms with E-state index in [9.17, 15) is 13.9 Å². The van der Waals surface area contributed by atoms with Crippen molar-refractivity contribution in [2.24, 2.45) is 0 Å². The molecule has 1 aromatic carbocycles. The van der Waals surface area contributed by atoms with Gasteiger partial charge in [0.1, 0.15) is 17.7 Å². The summed E-state index contributed by atoms with van der Waals surface area (Å²) in [5.74, 6) is -1.34. The summed E-state index contributed by atoms with van der Waals surface area (Å²) in [6.07, 6.45) is -1.09. The number of aliphatic hydroxyl groups excluding tert-OH is 1. The summed E-state index contributed by atoms with van der Waals surface area (Å²) < 4.78 is 27.6. The topological polar surface area (TPSA) is 20.2 Å². The molecule has 1 unspecified atom stereocenters. The minimum Gasteiger partial charge on any atom is -0.383 e. The lowest BCUT2D eigenvalue weighted by molar-refractivity contribution is 0.217. The van der Waals surface area contributed by atoms with Crippen molar-refractivity contribution >= 4 is 27.3 Å². The Morgan fingerprint density at radius 1 is 1.17 bits per heavy atom.